The molecule has 3 fully saturated rings. The molecule has 2 saturated carbocycles. The SMILES string of the molecule is COc1ccnc(NC(=O)CCN2C[C@]3(CC[C@@](c4ccccc4)(N(C)C)CC3)N(CC3CCC3)C2=O)c1. The van der Waals surface area contributed by atoms with Gasteiger partial charge >= 0.3 is 6.03 Å². The first kappa shape index (κ1) is 26.5. The summed E-state index contributed by atoms with van der Waals surface area (Å²) in [5.74, 6) is 1.55. The van der Waals surface area contributed by atoms with E-state index in [1.165, 1.54) is 24.8 Å². The average molecular weight is 520 g/mol. The smallest absolute Gasteiger partial charge is 0.320 e. The molecule has 1 aromatic carbocycles. The van der Waals surface area contributed by atoms with Crippen LogP contribution in [0.5, 0.6) is 5.75 Å². The molecule has 38 heavy (non-hydrogen) atoms. The third kappa shape index (κ3) is 5.10. The molecule has 5 rings (SSSR count). The Bertz CT molecular complexity index is 1130. The molecular formula is C30H41N5O3. The van der Waals surface area contributed by atoms with Gasteiger partial charge in [-0.25, -0.2) is 9.78 Å². The van der Waals surface area contributed by atoms with Crippen molar-refractivity contribution in [2.75, 3.05) is 46.2 Å². The topological polar surface area (TPSA) is 78.0 Å². The first-order valence-electron chi connectivity index (χ1n) is 13.9. The van der Waals surface area contributed by atoms with Gasteiger partial charge in [0.1, 0.15) is 11.6 Å². The van der Waals surface area contributed by atoms with Gasteiger partial charge in [-0.15, -0.1) is 0 Å². The molecule has 8 nitrogen and oxygen atoms in total. The first-order chi connectivity index (χ1) is 18.3. The van der Waals surface area contributed by atoms with E-state index in [2.05, 4.69) is 64.5 Å². The van der Waals surface area contributed by atoms with Gasteiger partial charge in [-0.2, -0.15) is 0 Å². The lowest BCUT2D eigenvalue weighted by atomic mass is 9.68. The lowest BCUT2D eigenvalue weighted by Crippen LogP contribution is -2.56. The Labute approximate surface area is 226 Å². The van der Waals surface area contributed by atoms with Crippen LogP contribution in [-0.2, 0) is 10.3 Å². The summed E-state index contributed by atoms with van der Waals surface area (Å²) in [6, 6.07) is 14.3. The molecule has 0 unspecified atom stereocenters. The van der Waals surface area contributed by atoms with E-state index in [-0.39, 0.29) is 29.4 Å². The van der Waals surface area contributed by atoms with Crippen LogP contribution in [0.3, 0.4) is 0 Å². The number of methoxy groups -OCH3 is 1. The number of nitrogens with zero attached hydrogens (tertiary/aromatic N) is 4. The molecule has 1 saturated heterocycles. The highest BCUT2D eigenvalue weighted by molar-refractivity contribution is 5.90. The second-order valence-corrected chi connectivity index (χ2v) is 11.5. The minimum atomic E-state index is -0.161. The normalized spacial score (nSPS) is 25.6. The average Bonchev–Trinajstić information content (AvgIpc) is 3.16. The summed E-state index contributed by atoms with van der Waals surface area (Å²) in [7, 11) is 5.94. The number of hydrogen-bond donors (Lipinski definition) is 1. The van der Waals surface area contributed by atoms with Gasteiger partial charge in [-0.1, -0.05) is 36.8 Å². The van der Waals surface area contributed by atoms with Gasteiger partial charge in [0.2, 0.25) is 5.91 Å². The second kappa shape index (κ2) is 10.9. The first-order valence-corrected chi connectivity index (χ1v) is 13.9. The van der Waals surface area contributed by atoms with E-state index in [1.807, 2.05) is 4.90 Å². The van der Waals surface area contributed by atoms with Gasteiger partial charge in [0.05, 0.1) is 12.6 Å². The summed E-state index contributed by atoms with van der Waals surface area (Å²) in [4.78, 5) is 37.2. The fourth-order valence-corrected chi connectivity index (χ4v) is 6.61. The fourth-order valence-electron chi connectivity index (χ4n) is 6.61. The maximum Gasteiger partial charge on any atom is 0.320 e. The summed E-state index contributed by atoms with van der Waals surface area (Å²) in [6.45, 7) is 1.95. The van der Waals surface area contributed by atoms with Crippen molar-refractivity contribution in [2.24, 2.45) is 5.92 Å². The number of carbonyl (C=O) groups is 2. The zero-order chi connectivity index (χ0) is 26.8. The molecule has 3 aliphatic rings. The van der Waals surface area contributed by atoms with Gasteiger partial charge in [0.25, 0.3) is 0 Å². The largest absolute Gasteiger partial charge is 0.497 e. The Morgan fingerprint density at radius 1 is 1.13 bits per heavy atom. The molecule has 2 aromatic rings. The number of anilines is 1. The fraction of sp³-hybridized carbons (Fsp3) is 0.567. The van der Waals surface area contributed by atoms with Gasteiger partial charge in [-0.3, -0.25) is 9.69 Å². The molecule has 8 heteroatoms. The van der Waals surface area contributed by atoms with Gasteiger partial charge in [0, 0.05) is 43.9 Å². The van der Waals surface area contributed by atoms with Crippen LogP contribution in [0.15, 0.2) is 48.7 Å². The van der Waals surface area contributed by atoms with Crippen LogP contribution in [-0.4, -0.2) is 78.0 Å². The number of carbonyl (C=O) groups excluding carboxylic acids is 2. The number of hydrogen-bond acceptors (Lipinski definition) is 5. The van der Waals surface area contributed by atoms with E-state index in [1.54, 1.807) is 25.4 Å². The Hall–Kier alpha value is -3.13. The van der Waals surface area contributed by atoms with Crippen LogP contribution >= 0.6 is 0 Å². The third-order valence-electron chi connectivity index (χ3n) is 9.24. The number of nitrogens with one attached hydrogen (secondary N) is 1. The zero-order valence-corrected chi connectivity index (χ0v) is 23.0. The van der Waals surface area contributed by atoms with Crippen molar-refractivity contribution in [3.63, 3.8) is 0 Å². The molecule has 0 radical (unpaired) electrons. The van der Waals surface area contributed by atoms with E-state index < -0.39 is 0 Å². The highest BCUT2D eigenvalue weighted by Gasteiger charge is 2.54. The minimum Gasteiger partial charge on any atom is -0.497 e. The number of aromatic nitrogens is 1. The third-order valence-corrected chi connectivity index (χ3v) is 9.24. The minimum absolute atomic E-state index is 0.0191. The highest BCUT2D eigenvalue weighted by Crippen LogP contribution is 2.49. The standard InChI is InChI=1S/C30H41N5O3/c1-33(2)30(24-10-5-4-6-11-24)16-14-29(15-17-30)22-34(28(37)35(29)21-23-8-7-9-23)19-13-27(36)32-26-20-25(38-3)12-18-31-26/h4-6,10-12,18,20,23H,7-9,13-17,19,21-22H2,1-3H3,(H,31,32,36)/t29-,30-. The molecule has 1 N–H and O–H groups in total. The maximum atomic E-state index is 13.8. The monoisotopic (exact) mass is 519 g/mol. The number of rotatable bonds is 9. The molecule has 2 heterocycles. The predicted molar refractivity (Wildman–Crippen MR) is 148 cm³/mol. The summed E-state index contributed by atoms with van der Waals surface area (Å²) >= 11 is 0. The van der Waals surface area contributed by atoms with Crippen LogP contribution in [0.1, 0.15) is 56.9 Å². The Kier molecular flexibility index (Phi) is 7.61. The highest BCUT2D eigenvalue weighted by atomic mass is 16.5. The molecule has 2 aliphatic carbocycles. The van der Waals surface area contributed by atoms with Crippen LogP contribution in [0.2, 0.25) is 0 Å². The summed E-state index contributed by atoms with van der Waals surface area (Å²) in [5, 5.41) is 2.84. The number of amides is 3. The maximum absolute atomic E-state index is 13.8. The molecule has 204 valence electrons. The molecular weight excluding hydrogens is 478 g/mol. The molecule has 3 amide bonds. The van der Waals surface area contributed by atoms with E-state index in [4.69, 9.17) is 4.74 Å². The van der Waals surface area contributed by atoms with Crippen molar-refractivity contribution in [1.82, 2.24) is 19.7 Å². The predicted octanol–water partition coefficient (Wildman–Crippen LogP) is 4.73. The number of benzene rings is 1. The van der Waals surface area contributed by atoms with E-state index >= 15 is 0 Å². The van der Waals surface area contributed by atoms with Gasteiger partial charge < -0.3 is 19.9 Å². The quantitative estimate of drug-likeness (QED) is 0.518. The second-order valence-electron chi connectivity index (χ2n) is 11.5. The molecule has 1 aliphatic heterocycles. The van der Waals surface area contributed by atoms with Crippen LogP contribution in [0, 0.1) is 5.92 Å². The van der Waals surface area contributed by atoms with Crippen molar-refractivity contribution >= 4 is 17.8 Å². The van der Waals surface area contributed by atoms with Crippen molar-refractivity contribution < 1.29 is 14.3 Å². The van der Waals surface area contributed by atoms with Crippen LogP contribution in [0.25, 0.3) is 0 Å². The Balaban J connectivity index is 1.28. The van der Waals surface area contributed by atoms with Crippen molar-refractivity contribution in [3.8, 4) is 5.75 Å². The van der Waals surface area contributed by atoms with Crippen LogP contribution < -0.4 is 10.1 Å². The number of urea groups is 1. The van der Waals surface area contributed by atoms with Gasteiger partial charge in [0.15, 0.2) is 0 Å². The molecule has 0 bridgehead atoms. The summed E-state index contributed by atoms with van der Waals surface area (Å²) in [6.07, 6.45) is 9.48. The Morgan fingerprint density at radius 3 is 2.50 bits per heavy atom. The van der Waals surface area contributed by atoms with Crippen molar-refractivity contribution in [1.29, 1.82) is 0 Å². The lowest BCUT2D eigenvalue weighted by Gasteiger charge is -2.51. The number of pyridine rings is 1. The van der Waals surface area contributed by atoms with Crippen LogP contribution in [0.4, 0.5) is 10.6 Å². The lowest BCUT2D eigenvalue weighted by molar-refractivity contribution is -0.116. The summed E-state index contributed by atoms with van der Waals surface area (Å²) in [5.41, 5.74) is 1.18. The zero-order valence-electron chi connectivity index (χ0n) is 23.0. The number of ether oxygens (including phenoxy) is 1. The van der Waals surface area contributed by atoms with E-state index in [0.717, 1.165) is 32.2 Å². The molecule has 1 aromatic heterocycles. The van der Waals surface area contributed by atoms with E-state index in [0.29, 0.717) is 30.6 Å². The molecule has 0 atom stereocenters. The van der Waals surface area contributed by atoms with Crippen molar-refractivity contribution in [3.05, 3.63) is 54.2 Å². The molecule has 1 spiro atoms. The van der Waals surface area contributed by atoms with Gasteiger partial charge in [-0.05, 0) is 70.2 Å². The Morgan fingerprint density at radius 2 is 1.87 bits per heavy atom. The van der Waals surface area contributed by atoms with Crippen molar-refractivity contribution in [2.45, 2.75) is 62.4 Å². The van der Waals surface area contributed by atoms with E-state index in [9.17, 15) is 9.59 Å². The summed E-state index contributed by atoms with van der Waals surface area (Å²) < 4.78 is 5.22.